The van der Waals surface area contributed by atoms with Crippen LogP contribution >= 0.6 is 34.8 Å². The Kier molecular flexibility index (Phi) is 2.99. The molecule has 1 heterocycles. The molecule has 4 rings (SSSR count). The number of nitrogens with zero attached hydrogens (tertiary/aromatic N) is 1. The van der Waals surface area contributed by atoms with Gasteiger partial charge in [-0.3, -0.25) is 0 Å². The molecular weight excluding hydrogens is 367 g/mol. The third-order valence-electron chi connectivity index (χ3n) is 5.04. The van der Waals surface area contributed by atoms with Crippen molar-refractivity contribution in [3.05, 3.63) is 26.5 Å². The summed E-state index contributed by atoms with van der Waals surface area (Å²) in [6.07, 6.45) is 5.81. The summed E-state index contributed by atoms with van der Waals surface area (Å²) in [5, 5.41) is 0. The smallest absolute Gasteiger partial charge is 0.178 e. The standard InChI is InChI=1S/C15H17IN2S/c16-12-3-4-14-13(7-12)17-15(19)18(14)8-11-6-9-1-2-10(11)5-9/h3-4,7,9-11H,1-2,5-6,8H2,(H,17,19). The number of fused-ring (bicyclic) bond motifs is 3. The number of halogens is 1. The van der Waals surface area contributed by atoms with Crippen molar-refractivity contribution >= 4 is 45.8 Å². The van der Waals surface area contributed by atoms with E-state index in [0.717, 1.165) is 29.1 Å². The number of benzene rings is 1. The van der Waals surface area contributed by atoms with Gasteiger partial charge in [-0.25, -0.2) is 0 Å². The molecule has 0 amide bonds. The van der Waals surface area contributed by atoms with Gasteiger partial charge >= 0.3 is 0 Å². The minimum Gasteiger partial charge on any atom is -0.331 e. The molecule has 0 spiro atoms. The van der Waals surface area contributed by atoms with Crippen LogP contribution < -0.4 is 0 Å². The lowest BCUT2D eigenvalue weighted by Crippen LogP contribution is -2.17. The molecule has 2 fully saturated rings. The molecule has 2 aliphatic rings. The molecule has 2 nitrogen and oxygen atoms in total. The second-order valence-electron chi connectivity index (χ2n) is 6.14. The molecule has 0 saturated heterocycles. The predicted octanol–water partition coefficient (Wildman–Crippen LogP) is 4.74. The number of H-pyrrole nitrogens is 1. The first-order valence-corrected chi connectivity index (χ1v) is 8.57. The van der Waals surface area contributed by atoms with Crippen molar-refractivity contribution in [3.8, 4) is 0 Å². The Morgan fingerprint density at radius 1 is 1.32 bits per heavy atom. The molecule has 2 saturated carbocycles. The Labute approximate surface area is 131 Å². The third-order valence-corrected chi connectivity index (χ3v) is 6.03. The van der Waals surface area contributed by atoms with Crippen LogP contribution in [-0.2, 0) is 6.54 Å². The van der Waals surface area contributed by atoms with Gasteiger partial charge < -0.3 is 9.55 Å². The highest BCUT2D eigenvalue weighted by molar-refractivity contribution is 14.1. The number of nitrogens with one attached hydrogen (secondary N) is 1. The van der Waals surface area contributed by atoms with Crippen LogP contribution in [0.25, 0.3) is 11.0 Å². The molecule has 4 heteroatoms. The number of aromatic nitrogens is 2. The Morgan fingerprint density at radius 3 is 2.95 bits per heavy atom. The van der Waals surface area contributed by atoms with E-state index in [9.17, 15) is 0 Å². The van der Waals surface area contributed by atoms with Crippen LogP contribution in [0.2, 0.25) is 0 Å². The topological polar surface area (TPSA) is 20.7 Å². The van der Waals surface area contributed by atoms with E-state index in [1.54, 1.807) is 0 Å². The predicted molar refractivity (Wildman–Crippen MR) is 88.8 cm³/mol. The Balaban J connectivity index is 1.71. The van der Waals surface area contributed by atoms with Crippen LogP contribution in [0.15, 0.2) is 18.2 Å². The number of rotatable bonds is 2. The molecule has 1 aromatic carbocycles. The van der Waals surface area contributed by atoms with E-state index < -0.39 is 0 Å². The van der Waals surface area contributed by atoms with Crippen molar-refractivity contribution in [2.75, 3.05) is 0 Å². The molecular formula is C15H17IN2S. The Morgan fingerprint density at radius 2 is 2.21 bits per heavy atom. The first-order chi connectivity index (χ1) is 9.20. The summed E-state index contributed by atoms with van der Waals surface area (Å²) in [5.41, 5.74) is 2.45. The molecule has 0 aliphatic heterocycles. The summed E-state index contributed by atoms with van der Waals surface area (Å²) < 4.78 is 4.47. The van der Waals surface area contributed by atoms with Crippen LogP contribution in [0.4, 0.5) is 0 Å². The molecule has 3 atom stereocenters. The zero-order valence-corrected chi connectivity index (χ0v) is 13.7. The minimum absolute atomic E-state index is 0.851. The number of imidazole rings is 1. The zero-order valence-electron chi connectivity index (χ0n) is 10.7. The molecule has 2 aromatic rings. The first kappa shape index (κ1) is 12.4. The summed E-state index contributed by atoms with van der Waals surface area (Å²) in [6, 6.07) is 6.56. The maximum atomic E-state index is 5.52. The van der Waals surface area contributed by atoms with Gasteiger partial charge in [0.25, 0.3) is 0 Å². The molecule has 100 valence electrons. The quantitative estimate of drug-likeness (QED) is 0.586. The van der Waals surface area contributed by atoms with E-state index in [0.29, 0.717) is 0 Å². The summed E-state index contributed by atoms with van der Waals surface area (Å²) in [5.74, 6) is 2.82. The second kappa shape index (κ2) is 4.58. The second-order valence-corrected chi connectivity index (χ2v) is 7.77. The van der Waals surface area contributed by atoms with Crippen molar-refractivity contribution in [1.29, 1.82) is 0 Å². The van der Waals surface area contributed by atoms with Gasteiger partial charge in [-0.05, 0) is 90.0 Å². The Bertz CT molecular complexity index is 687. The number of hydrogen-bond acceptors (Lipinski definition) is 1. The SMILES string of the molecule is S=c1[nH]c2cc(I)ccc2n1CC1CC2CCC1C2. The maximum Gasteiger partial charge on any atom is 0.178 e. The number of hydrogen-bond donors (Lipinski definition) is 1. The molecule has 2 aliphatic carbocycles. The van der Waals surface area contributed by atoms with Crippen molar-refractivity contribution < 1.29 is 0 Å². The highest BCUT2D eigenvalue weighted by Crippen LogP contribution is 2.49. The largest absolute Gasteiger partial charge is 0.331 e. The monoisotopic (exact) mass is 384 g/mol. The third kappa shape index (κ3) is 2.07. The summed E-state index contributed by atoms with van der Waals surface area (Å²) in [4.78, 5) is 3.36. The first-order valence-electron chi connectivity index (χ1n) is 7.09. The molecule has 0 radical (unpaired) electrons. The van der Waals surface area contributed by atoms with E-state index >= 15 is 0 Å². The maximum absolute atomic E-state index is 5.52. The van der Waals surface area contributed by atoms with Gasteiger partial charge in [0.2, 0.25) is 0 Å². The van der Waals surface area contributed by atoms with Crippen LogP contribution in [0.5, 0.6) is 0 Å². The van der Waals surface area contributed by atoms with Crippen molar-refractivity contribution in [3.63, 3.8) is 0 Å². The van der Waals surface area contributed by atoms with Gasteiger partial charge in [-0.15, -0.1) is 0 Å². The fraction of sp³-hybridized carbons (Fsp3) is 0.533. The summed E-state index contributed by atoms with van der Waals surface area (Å²) >= 11 is 7.87. The molecule has 1 aromatic heterocycles. The molecule has 2 bridgehead atoms. The Hall–Kier alpha value is -0.360. The van der Waals surface area contributed by atoms with Gasteiger partial charge in [0.15, 0.2) is 4.77 Å². The van der Waals surface area contributed by atoms with Crippen molar-refractivity contribution in [2.45, 2.75) is 32.2 Å². The van der Waals surface area contributed by atoms with E-state index in [2.05, 4.69) is 50.3 Å². The van der Waals surface area contributed by atoms with Gasteiger partial charge in [-0.2, -0.15) is 0 Å². The molecule has 1 N–H and O–H groups in total. The van der Waals surface area contributed by atoms with E-state index in [1.165, 1.54) is 40.3 Å². The summed E-state index contributed by atoms with van der Waals surface area (Å²) in [7, 11) is 0. The lowest BCUT2D eigenvalue weighted by Gasteiger charge is -2.22. The highest BCUT2D eigenvalue weighted by Gasteiger charge is 2.39. The zero-order chi connectivity index (χ0) is 13.0. The lowest BCUT2D eigenvalue weighted by molar-refractivity contribution is 0.297. The van der Waals surface area contributed by atoms with E-state index in [-0.39, 0.29) is 0 Å². The van der Waals surface area contributed by atoms with Gasteiger partial charge in [0, 0.05) is 10.1 Å². The van der Waals surface area contributed by atoms with Crippen LogP contribution in [0.3, 0.4) is 0 Å². The van der Waals surface area contributed by atoms with Crippen molar-refractivity contribution in [2.24, 2.45) is 17.8 Å². The van der Waals surface area contributed by atoms with E-state index in [1.807, 2.05) is 0 Å². The van der Waals surface area contributed by atoms with Crippen molar-refractivity contribution in [1.82, 2.24) is 9.55 Å². The van der Waals surface area contributed by atoms with Crippen LogP contribution in [0, 0.1) is 26.1 Å². The van der Waals surface area contributed by atoms with Gasteiger partial charge in [0.1, 0.15) is 0 Å². The lowest BCUT2D eigenvalue weighted by atomic mass is 9.89. The van der Waals surface area contributed by atoms with Crippen LogP contribution in [-0.4, -0.2) is 9.55 Å². The fourth-order valence-corrected chi connectivity index (χ4v) is 4.93. The van der Waals surface area contributed by atoms with Crippen LogP contribution in [0.1, 0.15) is 25.7 Å². The van der Waals surface area contributed by atoms with Gasteiger partial charge in [0.05, 0.1) is 11.0 Å². The minimum atomic E-state index is 0.851. The average molecular weight is 384 g/mol. The molecule has 3 unspecified atom stereocenters. The number of aromatic amines is 1. The highest BCUT2D eigenvalue weighted by atomic mass is 127. The van der Waals surface area contributed by atoms with Gasteiger partial charge in [-0.1, -0.05) is 6.42 Å². The average Bonchev–Trinajstić information content (AvgIpc) is 3.05. The normalized spacial score (nSPS) is 29.4. The summed E-state index contributed by atoms with van der Waals surface area (Å²) in [6.45, 7) is 1.11. The van der Waals surface area contributed by atoms with E-state index in [4.69, 9.17) is 12.2 Å². The molecule has 19 heavy (non-hydrogen) atoms. The fourth-order valence-electron chi connectivity index (χ4n) is 4.15.